The minimum absolute atomic E-state index is 0.00748. The molecule has 0 fully saturated rings. The van der Waals surface area contributed by atoms with Crippen molar-refractivity contribution in [3.8, 4) is 22.9 Å². The minimum atomic E-state index is -3.99. The van der Waals surface area contributed by atoms with E-state index in [-0.39, 0.29) is 42.2 Å². The largest absolute Gasteiger partial charge is 0.487 e. The molecule has 0 aromatic heterocycles. The molecule has 0 saturated carbocycles. The van der Waals surface area contributed by atoms with Crippen LogP contribution >= 0.6 is 0 Å². The van der Waals surface area contributed by atoms with Crippen molar-refractivity contribution in [2.75, 3.05) is 26.7 Å². The van der Waals surface area contributed by atoms with Crippen LogP contribution in [-0.2, 0) is 10.0 Å². The number of fused-ring (bicyclic) bond motifs is 1. The molecule has 0 aliphatic carbocycles. The summed E-state index contributed by atoms with van der Waals surface area (Å²) in [5, 5.41) is 19.2. The van der Waals surface area contributed by atoms with E-state index >= 15 is 0 Å². The molecule has 1 aliphatic rings. The average Bonchev–Trinajstić information content (AvgIpc) is 2.94. The van der Waals surface area contributed by atoms with Crippen molar-refractivity contribution in [2.45, 2.75) is 30.9 Å². The maximum Gasteiger partial charge on any atom is 0.253 e. The molecule has 8 nitrogen and oxygen atoms in total. The summed E-state index contributed by atoms with van der Waals surface area (Å²) in [6, 6.07) is 22.3. The highest BCUT2D eigenvalue weighted by Gasteiger charge is 2.38. The predicted molar refractivity (Wildman–Crippen MR) is 144 cm³/mol. The lowest BCUT2D eigenvalue weighted by Crippen LogP contribution is -2.50. The molecule has 1 N–H and O–H groups in total. The van der Waals surface area contributed by atoms with E-state index < -0.39 is 22.2 Å². The number of hydrogen-bond acceptors (Lipinski definition) is 6. The topological polar surface area (TPSA) is 111 Å². The van der Waals surface area contributed by atoms with Gasteiger partial charge in [-0.05, 0) is 54.4 Å². The first-order valence-electron chi connectivity index (χ1n) is 12.4. The minimum Gasteiger partial charge on any atom is -0.487 e. The van der Waals surface area contributed by atoms with Crippen LogP contribution in [0, 0.1) is 17.2 Å². The number of carbonyl (C=O) groups excluding carboxylic acids is 1. The van der Waals surface area contributed by atoms with Crippen LogP contribution in [0.5, 0.6) is 5.75 Å². The van der Waals surface area contributed by atoms with Gasteiger partial charge in [-0.2, -0.15) is 9.57 Å². The van der Waals surface area contributed by atoms with Crippen molar-refractivity contribution in [2.24, 2.45) is 5.92 Å². The molecule has 0 saturated heterocycles. The van der Waals surface area contributed by atoms with Gasteiger partial charge in [-0.3, -0.25) is 4.79 Å². The Bertz CT molecular complexity index is 1450. The van der Waals surface area contributed by atoms with Gasteiger partial charge in [0.25, 0.3) is 5.91 Å². The summed E-state index contributed by atoms with van der Waals surface area (Å²) in [6.45, 7) is 3.55. The summed E-state index contributed by atoms with van der Waals surface area (Å²) in [5.41, 5.74) is 2.47. The molecule has 9 heteroatoms. The molecule has 3 aromatic carbocycles. The van der Waals surface area contributed by atoms with E-state index in [4.69, 9.17) is 4.74 Å². The Balaban J connectivity index is 1.76. The van der Waals surface area contributed by atoms with Crippen molar-refractivity contribution in [3.63, 3.8) is 0 Å². The first kappa shape index (κ1) is 27.3. The predicted octanol–water partition coefficient (Wildman–Crippen LogP) is 3.77. The molecule has 1 amide bonds. The van der Waals surface area contributed by atoms with E-state index in [1.54, 1.807) is 73.5 Å². The number of ether oxygens (including phenoxy) is 1. The van der Waals surface area contributed by atoms with Gasteiger partial charge in [-0.15, -0.1) is 0 Å². The summed E-state index contributed by atoms with van der Waals surface area (Å²) in [4.78, 5) is 14.6. The van der Waals surface area contributed by atoms with E-state index in [1.165, 1.54) is 10.4 Å². The Morgan fingerprint density at radius 2 is 1.84 bits per heavy atom. The van der Waals surface area contributed by atoms with Crippen molar-refractivity contribution in [1.82, 2.24) is 9.21 Å². The van der Waals surface area contributed by atoms with Crippen LogP contribution in [0.1, 0.15) is 29.8 Å². The number of aliphatic hydroxyl groups excluding tert-OH is 1. The fourth-order valence-corrected chi connectivity index (χ4v) is 6.37. The summed E-state index contributed by atoms with van der Waals surface area (Å²) < 4.78 is 35.1. The zero-order valence-electron chi connectivity index (χ0n) is 21.6. The number of rotatable bonds is 6. The molecule has 1 heterocycles. The monoisotopic (exact) mass is 533 g/mol. The lowest BCUT2D eigenvalue weighted by Gasteiger charge is -2.37. The van der Waals surface area contributed by atoms with Crippen LogP contribution in [0.15, 0.2) is 77.7 Å². The number of sulfonamides is 1. The number of benzene rings is 3. The molecule has 3 atom stereocenters. The number of carbonyl (C=O) groups is 1. The molecule has 38 heavy (non-hydrogen) atoms. The highest BCUT2D eigenvalue weighted by molar-refractivity contribution is 7.89. The summed E-state index contributed by atoms with van der Waals surface area (Å²) in [6.07, 6.45) is -0.531. The summed E-state index contributed by atoms with van der Waals surface area (Å²) in [5.74, 6) is -0.306. The van der Waals surface area contributed by atoms with Crippen LogP contribution in [0.3, 0.4) is 0 Å². The maximum absolute atomic E-state index is 13.7. The highest BCUT2D eigenvalue weighted by Crippen LogP contribution is 2.36. The van der Waals surface area contributed by atoms with E-state index in [2.05, 4.69) is 6.07 Å². The molecular formula is C29H31N3O5S. The van der Waals surface area contributed by atoms with Gasteiger partial charge in [-0.25, -0.2) is 8.42 Å². The number of nitrogens with zero attached hydrogens (tertiary/aromatic N) is 3. The highest BCUT2D eigenvalue weighted by atomic mass is 32.2. The fourth-order valence-electron chi connectivity index (χ4n) is 4.55. The average molecular weight is 534 g/mol. The van der Waals surface area contributed by atoms with Crippen molar-refractivity contribution in [3.05, 3.63) is 83.9 Å². The number of nitriles is 1. The molecule has 0 bridgehead atoms. The number of likely N-dealkylation sites (N-methyl/N-ethyl adjacent to an activating group) is 1. The second-order valence-corrected chi connectivity index (χ2v) is 11.5. The first-order chi connectivity index (χ1) is 18.1. The summed E-state index contributed by atoms with van der Waals surface area (Å²) in [7, 11) is -2.30. The Morgan fingerprint density at radius 3 is 2.53 bits per heavy atom. The molecular weight excluding hydrogens is 502 g/mol. The summed E-state index contributed by atoms with van der Waals surface area (Å²) >= 11 is 0. The fraction of sp³-hybridized carbons (Fsp3) is 0.310. The Labute approximate surface area is 223 Å². The first-order valence-corrected chi connectivity index (χ1v) is 13.8. The van der Waals surface area contributed by atoms with Gasteiger partial charge in [0.05, 0.1) is 24.8 Å². The third-order valence-electron chi connectivity index (χ3n) is 6.81. The van der Waals surface area contributed by atoms with Gasteiger partial charge in [-0.1, -0.05) is 43.3 Å². The van der Waals surface area contributed by atoms with Crippen LogP contribution in [0.2, 0.25) is 0 Å². The third kappa shape index (κ3) is 5.58. The van der Waals surface area contributed by atoms with Crippen molar-refractivity contribution >= 4 is 15.9 Å². The van der Waals surface area contributed by atoms with Gasteiger partial charge in [0, 0.05) is 31.1 Å². The van der Waals surface area contributed by atoms with Gasteiger partial charge < -0.3 is 14.7 Å². The standard InChI is InChI=1S/C29H31N3O5S/c1-20-17-32(21(2)19-33)38(35,36)28-13-12-25(24-11-7-8-22(14-24)16-30)15-26(28)37-27(20)18-31(3)29(34)23-9-5-4-6-10-23/h4-15,20-21,27,33H,17-19H2,1-3H3/t20-,21-,27-/m0/s1. The Kier molecular flexibility index (Phi) is 8.17. The normalized spacial score (nSPS) is 19.7. The SMILES string of the molecule is C[C@H]1CN([C@@H](C)CO)S(=O)(=O)c2ccc(-c3cccc(C#N)c3)cc2O[C@H]1CN(C)C(=O)c1ccccc1. The molecule has 1 aliphatic heterocycles. The lowest BCUT2D eigenvalue weighted by atomic mass is 10.0. The smallest absolute Gasteiger partial charge is 0.253 e. The van der Waals surface area contributed by atoms with Gasteiger partial charge >= 0.3 is 0 Å². The van der Waals surface area contributed by atoms with Gasteiger partial charge in [0.1, 0.15) is 16.7 Å². The van der Waals surface area contributed by atoms with E-state index in [9.17, 15) is 23.6 Å². The molecule has 4 rings (SSSR count). The quantitative estimate of drug-likeness (QED) is 0.517. The number of hydrogen-bond donors (Lipinski definition) is 1. The van der Waals surface area contributed by atoms with Gasteiger partial charge in [0.2, 0.25) is 10.0 Å². The molecule has 0 spiro atoms. The molecule has 198 valence electrons. The van der Waals surface area contributed by atoms with E-state index in [1.807, 2.05) is 19.1 Å². The second-order valence-electron chi connectivity index (χ2n) is 9.65. The van der Waals surface area contributed by atoms with Crippen LogP contribution in [0.25, 0.3) is 11.1 Å². The zero-order chi connectivity index (χ0) is 27.4. The zero-order valence-corrected chi connectivity index (χ0v) is 22.4. The molecule has 0 unspecified atom stereocenters. The second kappa shape index (κ2) is 11.4. The number of amides is 1. The van der Waals surface area contributed by atoms with E-state index in [0.29, 0.717) is 16.7 Å². The Morgan fingerprint density at radius 1 is 1.13 bits per heavy atom. The van der Waals surface area contributed by atoms with Crippen LogP contribution in [0.4, 0.5) is 0 Å². The Hall–Kier alpha value is -3.71. The van der Waals surface area contributed by atoms with Crippen molar-refractivity contribution < 1.29 is 23.1 Å². The maximum atomic E-state index is 13.7. The molecule has 3 aromatic rings. The number of aliphatic hydroxyl groups is 1. The van der Waals surface area contributed by atoms with Crippen LogP contribution in [-0.4, -0.2) is 67.5 Å². The molecule has 0 radical (unpaired) electrons. The van der Waals surface area contributed by atoms with E-state index in [0.717, 1.165) is 5.56 Å². The van der Waals surface area contributed by atoms with Gasteiger partial charge in [0.15, 0.2) is 0 Å². The lowest BCUT2D eigenvalue weighted by molar-refractivity contribution is 0.0564. The van der Waals surface area contributed by atoms with Crippen LogP contribution < -0.4 is 4.74 Å². The van der Waals surface area contributed by atoms with Crippen molar-refractivity contribution in [1.29, 1.82) is 5.26 Å². The third-order valence-corrected chi connectivity index (χ3v) is 8.83.